The van der Waals surface area contributed by atoms with Gasteiger partial charge in [-0.15, -0.1) is 0 Å². The van der Waals surface area contributed by atoms with E-state index in [1.54, 1.807) is 13.4 Å². The van der Waals surface area contributed by atoms with Gasteiger partial charge in [0.25, 0.3) is 5.91 Å². The van der Waals surface area contributed by atoms with E-state index in [0.717, 1.165) is 45.9 Å². The third kappa shape index (κ3) is 5.45. The molecule has 3 N–H and O–H groups in total. The summed E-state index contributed by atoms with van der Waals surface area (Å²) in [6, 6.07) is 19.5. The minimum atomic E-state index is -0.257. The lowest BCUT2D eigenvalue weighted by Gasteiger charge is -2.22. The van der Waals surface area contributed by atoms with Crippen molar-refractivity contribution in [2.24, 2.45) is 0 Å². The lowest BCUT2D eigenvalue weighted by atomic mass is 9.86. The second-order valence-corrected chi connectivity index (χ2v) is 11.1. The number of anilines is 2. The van der Waals surface area contributed by atoms with Crippen LogP contribution in [0.3, 0.4) is 0 Å². The van der Waals surface area contributed by atoms with Crippen molar-refractivity contribution in [3.8, 4) is 28.4 Å². The number of imidazole rings is 1. The van der Waals surface area contributed by atoms with Crippen LogP contribution in [0.25, 0.3) is 22.6 Å². The van der Waals surface area contributed by atoms with Gasteiger partial charge < -0.3 is 20.4 Å². The Morgan fingerprint density at radius 3 is 2.51 bits per heavy atom. The fourth-order valence-corrected chi connectivity index (χ4v) is 4.94. The fourth-order valence-electron chi connectivity index (χ4n) is 4.94. The SMILES string of the molecule is CCc1c(-c2cn(-c3cc(C(=O)Nc4cc(C(C)(C)C)cc(N)c4OC)ccc3C)cn2)cnn1-c1ccccc1. The zero-order valence-electron chi connectivity index (χ0n) is 24.4. The molecule has 0 saturated heterocycles. The number of nitrogens with two attached hydrogens (primary N) is 1. The van der Waals surface area contributed by atoms with E-state index in [1.807, 2.05) is 89.2 Å². The van der Waals surface area contributed by atoms with Gasteiger partial charge in [-0.05, 0) is 66.3 Å². The van der Waals surface area contributed by atoms with Crippen LogP contribution in [-0.4, -0.2) is 32.3 Å². The Balaban J connectivity index is 1.46. The standard InChI is InChI=1S/C33H36N6O2/c1-7-29-25(18-36-39(29)24-11-9-8-10-12-24)28-19-38(20-35-28)30-15-22(14-13-21(30)2)32(40)37-27-17-23(33(3,4)5)16-26(34)31(27)41-6/h8-20H,7,34H2,1-6H3,(H,37,40). The molecule has 0 radical (unpaired) electrons. The number of nitrogen functional groups attached to an aromatic ring is 1. The molecule has 3 aromatic carbocycles. The average Bonchev–Trinajstić information content (AvgIpc) is 3.60. The molecule has 8 nitrogen and oxygen atoms in total. The Kier molecular flexibility index (Phi) is 7.41. The summed E-state index contributed by atoms with van der Waals surface area (Å²) in [6.45, 7) is 10.4. The van der Waals surface area contributed by atoms with Gasteiger partial charge in [0, 0.05) is 17.3 Å². The van der Waals surface area contributed by atoms with Gasteiger partial charge in [-0.25, -0.2) is 9.67 Å². The Labute approximate surface area is 240 Å². The van der Waals surface area contributed by atoms with E-state index in [1.165, 1.54) is 0 Å². The molecular weight excluding hydrogens is 512 g/mol. The number of ether oxygens (including phenoxy) is 1. The van der Waals surface area contributed by atoms with Crippen molar-refractivity contribution < 1.29 is 9.53 Å². The summed E-state index contributed by atoms with van der Waals surface area (Å²) >= 11 is 0. The minimum Gasteiger partial charge on any atom is -0.492 e. The first kappa shape index (κ1) is 27.7. The first-order valence-electron chi connectivity index (χ1n) is 13.7. The number of hydrogen-bond acceptors (Lipinski definition) is 5. The zero-order chi connectivity index (χ0) is 29.3. The highest BCUT2D eigenvalue weighted by atomic mass is 16.5. The molecule has 0 aliphatic heterocycles. The molecule has 0 spiro atoms. The van der Waals surface area contributed by atoms with E-state index in [4.69, 9.17) is 15.5 Å². The Bertz CT molecular complexity index is 1710. The van der Waals surface area contributed by atoms with Crippen LogP contribution < -0.4 is 15.8 Å². The smallest absolute Gasteiger partial charge is 0.255 e. The van der Waals surface area contributed by atoms with E-state index >= 15 is 0 Å². The number of carbonyl (C=O) groups excluding carboxylic acids is 1. The lowest BCUT2D eigenvalue weighted by molar-refractivity contribution is 0.102. The van der Waals surface area contributed by atoms with E-state index in [0.29, 0.717) is 22.7 Å². The molecule has 2 aromatic heterocycles. The summed E-state index contributed by atoms with van der Waals surface area (Å²) < 4.78 is 9.43. The molecular formula is C33H36N6O2. The van der Waals surface area contributed by atoms with Crippen LogP contribution in [0.15, 0.2) is 79.4 Å². The highest BCUT2D eigenvalue weighted by molar-refractivity contribution is 6.06. The summed E-state index contributed by atoms with van der Waals surface area (Å²) in [7, 11) is 1.55. The maximum Gasteiger partial charge on any atom is 0.255 e. The number of nitrogens with one attached hydrogen (secondary N) is 1. The molecule has 0 aliphatic rings. The third-order valence-electron chi connectivity index (χ3n) is 7.25. The number of nitrogens with zero attached hydrogens (tertiary/aromatic N) is 4. The van der Waals surface area contributed by atoms with Gasteiger partial charge in [0.05, 0.1) is 53.8 Å². The van der Waals surface area contributed by atoms with Crippen LogP contribution in [0.4, 0.5) is 11.4 Å². The van der Waals surface area contributed by atoms with Crippen molar-refractivity contribution in [3.05, 3.63) is 102 Å². The minimum absolute atomic E-state index is 0.148. The van der Waals surface area contributed by atoms with Crippen molar-refractivity contribution >= 4 is 17.3 Å². The molecule has 210 valence electrons. The van der Waals surface area contributed by atoms with Gasteiger partial charge in [0.1, 0.15) is 0 Å². The van der Waals surface area contributed by atoms with E-state index < -0.39 is 0 Å². The quantitative estimate of drug-likeness (QED) is 0.220. The van der Waals surface area contributed by atoms with Gasteiger partial charge in [-0.1, -0.05) is 52.0 Å². The van der Waals surface area contributed by atoms with Gasteiger partial charge in [-0.3, -0.25) is 4.79 Å². The molecule has 0 unspecified atom stereocenters. The Hall–Kier alpha value is -4.85. The number of aryl methyl sites for hydroxylation is 1. The topological polar surface area (TPSA) is 100.0 Å². The zero-order valence-corrected chi connectivity index (χ0v) is 24.4. The maximum absolute atomic E-state index is 13.5. The monoisotopic (exact) mass is 548 g/mol. The van der Waals surface area contributed by atoms with Crippen LogP contribution in [0.5, 0.6) is 5.75 Å². The second kappa shape index (κ2) is 11.0. The molecule has 5 rings (SSSR count). The number of rotatable bonds is 7. The first-order chi connectivity index (χ1) is 19.6. The number of amides is 1. The molecule has 41 heavy (non-hydrogen) atoms. The van der Waals surface area contributed by atoms with Gasteiger partial charge >= 0.3 is 0 Å². The average molecular weight is 549 g/mol. The molecule has 0 fully saturated rings. The maximum atomic E-state index is 13.5. The van der Waals surface area contributed by atoms with Crippen LogP contribution in [0.1, 0.15) is 54.9 Å². The van der Waals surface area contributed by atoms with Crippen LogP contribution >= 0.6 is 0 Å². The van der Waals surface area contributed by atoms with Crippen molar-refractivity contribution in [1.29, 1.82) is 0 Å². The van der Waals surface area contributed by atoms with Gasteiger partial charge in [0.15, 0.2) is 5.75 Å². The Morgan fingerprint density at radius 2 is 1.83 bits per heavy atom. The molecule has 0 bridgehead atoms. The highest BCUT2D eigenvalue weighted by Gasteiger charge is 2.21. The largest absolute Gasteiger partial charge is 0.492 e. The van der Waals surface area contributed by atoms with Crippen LogP contribution in [0.2, 0.25) is 0 Å². The molecule has 0 saturated carbocycles. The van der Waals surface area contributed by atoms with Crippen molar-refractivity contribution in [2.75, 3.05) is 18.2 Å². The number of hydrogen-bond donors (Lipinski definition) is 2. The fraction of sp³-hybridized carbons (Fsp3) is 0.242. The molecule has 2 heterocycles. The summed E-state index contributed by atoms with van der Waals surface area (Å²) in [4.78, 5) is 18.2. The first-order valence-corrected chi connectivity index (χ1v) is 13.7. The summed E-state index contributed by atoms with van der Waals surface area (Å²) in [5, 5.41) is 7.66. The summed E-state index contributed by atoms with van der Waals surface area (Å²) in [6.07, 6.45) is 6.41. The second-order valence-electron chi connectivity index (χ2n) is 11.1. The Morgan fingerprint density at radius 1 is 1.07 bits per heavy atom. The number of para-hydroxylation sites is 1. The summed E-state index contributed by atoms with van der Waals surface area (Å²) in [5.41, 5.74) is 14.4. The molecule has 1 amide bonds. The molecule has 0 aliphatic carbocycles. The molecule has 0 atom stereocenters. The number of methoxy groups -OCH3 is 1. The molecule has 5 aromatic rings. The lowest BCUT2D eigenvalue weighted by Crippen LogP contribution is -2.17. The van der Waals surface area contributed by atoms with E-state index in [-0.39, 0.29) is 11.3 Å². The number of aromatic nitrogens is 4. The molecule has 8 heteroatoms. The van der Waals surface area contributed by atoms with Crippen molar-refractivity contribution in [2.45, 2.75) is 46.5 Å². The van der Waals surface area contributed by atoms with Gasteiger partial charge in [0.2, 0.25) is 0 Å². The summed E-state index contributed by atoms with van der Waals surface area (Å²) in [5.74, 6) is 0.188. The van der Waals surface area contributed by atoms with E-state index in [9.17, 15) is 4.79 Å². The number of carbonyl (C=O) groups is 1. The van der Waals surface area contributed by atoms with Gasteiger partial charge in [-0.2, -0.15) is 5.10 Å². The predicted molar refractivity (Wildman–Crippen MR) is 164 cm³/mol. The highest BCUT2D eigenvalue weighted by Crippen LogP contribution is 2.37. The normalized spacial score (nSPS) is 11.5. The van der Waals surface area contributed by atoms with Crippen molar-refractivity contribution in [3.63, 3.8) is 0 Å². The van der Waals surface area contributed by atoms with Crippen molar-refractivity contribution in [1.82, 2.24) is 19.3 Å². The van der Waals surface area contributed by atoms with E-state index in [2.05, 4.69) is 38.1 Å². The third-order valence-corrected chi connectivity index (χ3v) is 7.25. The van der Waals surface area contributed by atoms with Crippen LogP contribution in [-0.2, 0) is 11.8 Å². The van der Waals surface area contributed by atoms with Crippen LogP contribution in [0, 0.1) is 6.92 Å². The number of benzene rings is 3. The predicted octanol–water partition coefficient (Wildman–Crippen LogP) is 6.74.